The molecule has 0 saturated heterocycles. The predicted molar refractivity (Wildman–Crippen MR) is 127 cm³/mol. The Morgan fingerprint density at radius 3 is 2.19 bits per heavy atom. The Morgan fingerprint density at radius 2 is 1.56 bits per heavy atom. The smallest absolute Gasteiger partial charge is 0.246 e. The van der Waals surface area contributed by atoms with Gasteiger partial charge in [-0.15, -0.1) is 0 Å². The second-order valence-corrected chi connectivity index (χ2v) is 7.66. The zero-order valence-electron chi connectivity index (χ0n) is 18.6. The minimum atomic E-state index is -0.523. The number of carbonyl (C=O) groups is 1. The van der Waals surface area contributed by atoms with E-state index in [-0.39, 0.29) is 5.91 Å². The summed E-state index contributed by atoms with van der Waals surface area (Å²) in [7, 11) is 6.67. The van der Waals surface area contributed by atoms with Gasteiger partial charge in [-0.05, 0) is 48.5 Å². The highest BCUT2D eigenvalue weighted by atomic mass is 35.5. The second kappa shape index (κ2) is 10.9. The molecule has 0 radical (unpaired) electrons. The number of halogens is 1. The van der Waals surface area contributed by atoms with E-state index in [0.717, 1.165) is 11.1 Å². The zero-order chi connectivity index (χ0) is 23.1. The number of anilines is 1. The highest BCUT2D eigenvalue weighted by Gasteiger charge is 2.26. The summed E-state index contributed by atoms with van der Waals surface area (Å²) in [5.41, 5.74) is 2.47. The van der Waals surface area contributed by atoms with E-state index in [1.165, 1.54) is 0 Å². The Hall–Kier alpha value is -3.22. The summed E-state index contributed by atoms with van der Waals surface area (Å²) >= 11 is 6.22. The van der Waals surface area contributed by atoms with Gasteiger partial charge < -0.3 is 19.5 Å². The van der Waals surface area contributed by atoms with Crippen LogP contribution >= 0.6 is 11.6 Å². The molecular weight excluding hydrogens is 428 g/mol. The van der Waals surface area contributed by atoms with Crippen LogP contribution in [0.5, 0.6) is 17.2 Å². The first-order chi connectivity index (χ1) is 15.5. The van der Waals surface area contributed by atoms with E-state index in [9.17, 15) is 4.79 Å². The first-order valence-corrected chi connectivity index (χ1v) is 10.4. The summed E-state index contributed by atoms with van der Waals surface area (Å²) < 4.78 is 15.9. The van der Waals surface area contributed by atoms with Crippen LogP contribution < -0.4 is 19.5 Å². The quantitative estimate of drug-likeness (QED) is 0.483. The van der Waals surface area contributed by atoms with E-state index in [0.29, 0.717) is 34.5 Å². The van der Waals surface area contributed by atoms with Crippen LogP contribution in [0.3, 0.4) is 0 Å². The summed E-state index contributed by atoms with van der Waals surface area (Å²) in [5.74, 6) is 1.69. The first kappa shape index (κ1) is 23.4. The van der Waals surface area contributed by atoms with Gasteiger partial charge in [-0.25, -0.2) is 0 Å². The molecule has 0 fully saturated rings. The van der Waals surface area contributed by atoms with Gasteiger partial charge in [-0.3, -0.25) is 9.69 Å². The standard InChI is InChI=1S/C25H27ClN2O4/c1-28(16-17-10-12-22(31-3)23(14-17)32-4)24(18-8-6-5-7-9-18)25(29)27-19-11-13-21(30-2)20(26)15-19/h5-15,24H,16H2,1-4H3,(H,27,29). The summed E-state index contributed by atoms with van der Waals surface area (Å²) in [6.07, 6.45) is 0. The SMILES string of the molecule is COc1ccc(NC(=O)C(c2ccccc2)N(C)Cc2ccc(OC)c(OC)c2)cc1Cl. The summed E-state index contributed by atoms with van der Waals surface area (Å²) in [5, 5.41) is 3.41. The molecule has 0 heterocycles. The number of nitrogens with one attached hydrogen (secondary N) is 1. The van der Waals surface area contributed by atoms with Gasteiger partial charge in [-0.2, -0.15) is 0 Å². The van der Waals surface area contributed by atoms with Gasteiger partial charge in [0.1, 0.15) is 11.8 Å². The highest BCUT2D eigenvalue weighted by molar-refractivity contribution is 6.32. The molecule has 6 nitrogen and oxygen atoms in total. The van der Waals surface area contributed by atoms with E-state index in [2.05, 4.69) is 5.32 Å². The van der Waals surface area contributed by atoms with Crippen LogP contribution in [0.4, 0.5) is 5.69 Å². The van der Waals surface area contributed by atoms with Gasteiger partial charge >= 0.3 is 0 Å². The van der Waals surface area contributed by atoms with Crippen molar-refractivity contribution in [3.05, 3.63) is 82.9 Å². The van der Waals surface area contributed by atoms with Gasteiger partial charge in [0.05, 0.1) is 26.4 Å². The van der Waals surface area contributed by atoms with Crippen LogP contribution in [-0.4, -0.2) is 39.2 Å². The van der Waals surface area contributed by atoms with Crippen molar-refractivity contribution in [1.29, 1.82) is 0 Å². The minimum absolute atomic E-state index is 0.166. The fourth-order valence-corrected chi connectivity index (χ4v) is 3.81. The Kier molecular flexibility index (Phi) is 7.98. The molecule has 0 aliphatic rings. The summed E-state index contributed by atoms with van der Waals surface area (Å²) in [6, 6.07) is 20.0. The molecule has 1 unspecified atom stereocenters. The maximum atomic E-state index is 13.4. The number of ether oxygens (including phenoxy) is 3. The third kappa shape index (κ3) is 5.52. The lowest BCUT2D eigenvalue weighted by molar-refractivity contribution is -0.121. The molecule has 1 atom stereocenters. The van der Waals surface area contributed by atoms with Crippen molar-refractivity contribution in [2.24, 2.45) is 0 Å². The molecule has 7 heteroatoms. The average molecular weight is 455 g/mol. The molecule has 0 aliphatic carbocycles. The number of hydrogen-bond donors (Lipinski definition) is 1. The molecule has 0 bridgehead atoms. The molecule has 0 spiro atoms. The fraction of sp³-hybridized carbons (Fsp3) is 0.240. The van der Waals surface area contributed by atoms with Gasteiger partial charge in [-0.1, -0.05) is 48.0 Å². The molecule has 3 rings (SSSR count). The van der Waals surface area contributed by atoms with E-state index in [4.69, 9.17) is 25.8 Å². The molecule has 32 heavy (non-hydrogen) atoms. The fourth-order valence-electron chi connectivity index (χ4n) is 3.55. The monoisotopic (exact) mass is 454 g/mol. The molecule has 168 valence electrons. The van der Waals surface area contributed by atoms with Crippen molar-refractivity contribution in [2.45, 2.75) is 12.6 Å². The van der Waals surface area contributed by atoms with Crippen molar-refractivity contribution < 1.29 is 19.0 Å². The van der Waals surface area contributed by atoms with Gasteiger partial charge in [0.25, 0.3) is 0 Å². The van der Waals surface area contributed by atoms with Crippen LogP contribution in [0, 0.1) is 0 Å². The van der Waals surface area contributed by atoms with Crippen molar-refractivity contribution >= 4 is 23.2 Å². The highest BCUT2D eigenvalue weighted by Crippen LogP contribution is 2.31. The summed E-state index contributed by atoms with van der Waals surface area (Å²) in [4.78, 5) is 15.3. The Morgan fingerprint density at radius 1 is 0.906 bits per heavy atom. The number of benzene rings is 3. The molecule has 0 saturated carbocycles. The molecular formula is C25H27ClN2O4. The number of amides is 1. The maximum Gasteiger partial charge on any atom is 0.246 e. The number of nitrogens with zero attached hydrogens (tertiary/aromatic N) is 1. The molecule has 1 amide bonds. The molecule has 3 aromatic carbocycles. The number of rotatable bonds is 9. The third-order valence-electron chi connectivity index (χ3n) is 5.10. The van der Waals surface area contributed by atoms with E-state index >= 15 is 0 Å². The van der Waals surface area contributed by atoms with Crippen molar-refractivity contribution in [3.63, 3.8) is 0 Å². The van der Waals surface area contributed by atoms with Gasteiger partial charge in [0, 0.05) is 12.2 Å². The molecule has 1 N–H and O–H groups in total. The Balaban J connectivity index is 1.86. The topological polar surface area (TPSA) is 60.0 Å². The normalized spacial score (nSPS) is 11.7. The largest absolute Gasteiger partial charge is 0.495 e. The molecule has 0 aliphatic heterocycles. The Labute approximate surface area is 193 Å². The van der Waals surface area contributed by atoms with Gasteiger partial charge in [0.15, 0.2) is 11.5 Å². The first-order valence-electron chi connectivity index (χ1n) is 10.1. The lowest BCUT2D eigenvalue weighted by atomic mass is 10.0. The number of likely N-dealkylation sites (N-methyl/N-ethyl adjacent to an activating group) is 1. The van der Waals surface area contributed by atoms with Crippen molar-refractivity contribution in [1.82, 2.24) is 4.90 Å². The second-order valence-electron chi connectivity index (χ2n) is 7.26. The van der Waals surface area contributed by atoms with E-state index in [1.54, 1.807) is 39.5 Å². The van der Waals surface area contributed by atoms with Crippen LogP contribution in [0.1, 0.15) is 17.2 Å². The number of hydrogen-bond acceptors (Lipinski definition) is 5. The predicted octanol–water partition coefficient (Wildman–Crippen LogP) is 5.18. The van der Waals surface area contributed by atoms with E-state index < -0.39 is 6.04 Å². The molecule has 3 aromatic rings. The molecule has 0 aromatic heterocycles. The minimum Gasteiger partial charge on any atom is -0.495 e. The maximum absolute atomic E-state index is 13.4. The lowest BCUT2D eigenvalue weighted by Crippen LogP contribution is -2.34. The van der Waals surface area contributed by atoms with Crippen LogP contribution in [-0.2, 0) is 11.3 Å². The van der Waals surface area contributed by atoms with Crippen LogP contribution in [0.25, 0.3) is 0 Å². The number of methoxy groups -OCH3 is 3. The average Bonchev–Trinajstić information content (AvgIpc) is 2.80. The van der Waals surface area contributed by atoms with E-state index in [1.807, 2.05) is 60.5 Å². The third-order valence-corrected chi connectivity index (χ3v) is 5.40. The zero-order valence-corrected chi connectivity index (χ0v) is 19.3. The van der Waals surface area contributed by atoms with Crippen molar-refractivity contribution in [3.8, 4) is 17.2 Å². The van der Waals surface area contributed by atoms with Crippen LogP contribution in [0.2, 0.25) is 5.02 Å². The van der Waals surface area contributed by atoms with Crippen molar-refractivity contribution in [2.75, 3.05) is 33.7 Å². The number of carbonyl (C=O) groups excluding carboxylic acids is 1. The lowest BCUT2D eigenvalue weighted by Gasteiger charge is -2.28. The summed E-state index contributed by atoms with van der Waals surface area (Å²) in [6.45, 7) is 0.525. The Bertz CT molecular complexity index is 1060. The van der Waals surface area contributed by atoms with Crippen LogP contribution in [0.15, 0.2) is 66.7 Å². The van der Waals surface area contributed by atoms with Gasteiger partial charge in [0.2, 0.25) is 5.91 Å².